The number of hydrogen-bond acceptors (Lipinski definition) is 2. The number of nitrogens with zero attached hydrogens (tertiary/aromatic N) is 1. The van der Waals surface area contributed by atoms with Crippen LogP contribution in [0.4, 0.5) is 17.1 Å². The normalized spacial score (nSPS) is 14.5. The zero-order valence-electron chi connectivity index (χ0n) is 9.76. The van der Waals surface area contributed by atoms with Crippen molar-refractivity contribution < 1.29 is 0 Å². The van der Waals surface area contributed by atoms with Crippen LogP contribution in [0.25, 0.3) is 0 Å². The third-order valence-corrected chi connectivity index (χ3v) is 3.32. The lowest BCUT2D eigenvalue weighted by Gasteiger charge is -2.31. The minimum atomic E-state index is 0.819. The van der Waals surface area contributed by atoms with Crippen molar-refractivity contribution in [2.75, 3.05) is 17.2 Å². The molecule has 0 unspecified atom stereocenters. The fourth-order valence-electron chi connectivity index (χ4n) is 2.46. The van der Waals surface area contributed by atoms with Crippen LogP contribution in [-0.2, 0) is 6.42 Å². The van der Waals surface area contributed by atoms with Gasteiger partial charge < -0.3 is 10.6 Å². The summed E-state index contributed by atoms with van der Waals surface area (Å²) in [5, 5.41) is 0. The molecule has 0 aromatic heterocycles. The van der Waals surface area contributed by atoms with Crippen LogP contribution in [0.1, 0.15) is 12.0 Å². The molecule has 0 fully saturated rings. The molecule has 0 aliphatic carbocycles. The molecule has 2 aromatic carbocycles. The quantitative estimate of drug-likeness (QED) is 0.753. The van der Waals surface area contributed by atoms with E-state index < -0.39 is 0 Å². The highest BCUT2D eigenvalue weighted by Crippen LogP contribution is 2.33. The van der Waals surface area contributed by atoms with Gasteiger partial charge in [-0.3, -0.25) is 0 Å². The number of rotatable bonds is 1. The lowest BCUT2D eigenvalue weighted by Crippen LogP contribution is -2.24. The third-order valence-electron chi connectivity index (χ3n) is 3.32. The largest absolute Gasteiger partial charge is 0.399 e. The first-order valence-electron chi connectivity index (χ1n) is 6.05. The number of para-hydroxylation sites is 1. The van der Waals surface area contributed by atoms with Gasteiger partial charge in [-0.25, -0.2) is 0 Å². The number of benzene rings is 2. The van der Waals surface area contributed by atoms with Crippen molar-refractivity contribution in [2.24, 2.45) is 0 Å². The number of anilines is 3. The summed E-state index contributed by atoms with van der Waals surface area (Å²) in [5.41, 5.74) is 10.6. The van der Waals surface area contributed by atoms with Crippen molar-refractivity contribution in [3.63, 3.8) is 0 Å². The molecule has 2 aromatic rings. The maximum Gasteiger partial charge on any atom is 0.0443 e. The molecule has 0 atom stereocenters. The zero-order valence-corrected chi connectivity index (χ0v) is 9.76. The fraction of sp³-hybridized carbons (Fsp3) is 0.200. The second-order valence-corrected chi connectivity index (χ2v) is 4.48. The summed E-state index contributed by atoms with van der Waals surface area (Å²) >= 11 is 0. The highest BCUT2D eigenvalue weighted by Gasteiger charge is 2.17. The van der Waals surface area contributed by atoms with E-state index in [0.29, 0.717) is 0 Å². The van der Waals surface area contributed by atoms with Crippen LogP contribution in [0.15, 0.2) is 48.5 Å². The predicted octanol–water partition coefficient (Wildman–Crippen LogP) is 3.35. The number of aryl methyl sites for hydroxylation is 1. The van der Waals surface area contributed by atoms with E-state index in [-0.39, 0.29) is 0 Å². The van der Waals surface area contributed by atoms with Gasteiger partial charge in [0.05, 0.1) is 0 Å². The minimum absolute atomic E-state index is 0.819. The molecule has 2 heteroatoms. The first-order valence-corrected chi connectivity index (χ1v) is 6.05. The molecule has 2 nitrogen and oxygen atoms in total. The molecular weight excluding hydrogens is 208 g/mol. The van der Waals surface area contributed by atoms with Gasteiger partial charge in [-0.05, 0) is 48.7 Å². The van der Waals surface area contributed by atoms with Gasteiger partial charge in [0, 0.05) is 23.6 Å². The zero-order chi connectivity index (χ0) is 11.7. The molecule has 17 heavy (non-hydrogen) atoms. The standard InChI is InChI=1S/C15H16N2/c16-13-7-9-14(10-8-13)17-11-3-5-12-4-1-2-6-15(12)17/h1-2,4,6-10H,3,5,11,16H2. The topological polar surface area (TPSA) is 29.3 Å². The van der Waals surface area contributed by atoms with Crippen LogP contribution in [0.3, 0.4) is 0 Å². The Hall–Kier alpha value is -1.96. The predicted molar refractivity (Wildman–Crippen MR) is 72.6 cm³/mol. The van der Waals surface area contributed by atoms with E-state index in [1.54, 1.807) is 0 Å². The molecule has 1 heterocycles. The van der Waals surface area contributed by atoms with Crippen molar-refractivity contribution in [3.8, 4) is 0 Å². The summed E-state index contributed by atoms with van der Waals surface area (Å²) in [5.74, 6) is 0. The van der Waals surface area contributed by atoms with Crippen LogP contribution in [-0.4, -0.2) is 6.54 Å². The van der Waals surface area contributed by atoms with Crippen LogP contribution in [0.5, 0.6) is 0 Å². The van der Waals surface area contributed by atoms with Crippen LogP contribution >= 0.6 is 0 Å². The van der Waals surface area contributed by atoms with E-state index in [1.165, 1.54) is 29.8 Å². The van der Waals surface area contributed by atoms with E-state index >= 15 is 0 Å². The average Bonchev–Trinajstić information content (AvgIpc) is 2.39. The first kappa shape index (κ1) is 10.2. The van der Waals surface area contributed by atoms with Crippen molar-refractivity contribution in [3.05, 3.63) is 54.1 Å². The molecule has 0 saturated heterocycles. The first-order chi connectivity index (χ1) is 8.34. The Labute approximate surface area is 102 Å². The van der Waals surface area contributed by atoms with E-state index in [0.717, 1.165) is 12.2 Å². The van der Waals surface area contributed by atoms with E-state index in [4.69, 9.17) is 5.73 Å². The Morgan fingerprint density at radius 2 is 1.71 bits per heavy atom. The van der Waals surface area contributed by atoms with Gasteiger partial charge in [0.15, 0.2) is 0 Å². The Morgan fingerprint density at radius 1 is 0.941 bits per heavy atom. The lowest BCUT2D eigenvalue weighted by atomic mass is 10.0. The SMILES string of the molecule is Nc1ccc(N2CCCc3ccccc32)cc1. The number of nitrogen functional groups attached to an aromatic ring is 1. The second kappa shape index (κ2) is 4.13. The molecule has 0 amide bonds. The third kappa shape index (κ3) is 1.86. The minimum Gasteiger partial charge on any atom is -0.399 e. The molecule has 3 rings (SSSR count). The Kier molecular flexibility index (Phi) is 2.48. The van der Waals surface area contributed by atoms with E-state index in [9.17, 15) is 0 Å². The highest BCUT2D eigenvalue weighted by atomic mass is 15.1. The molecule has 0 saturated carbocycles. The van der Waals surface area contributed by atoms with Crippen molar-refractivity contribution >= 4 is 17.1 Å². The van der Waals surface area contributed by atoms with Gasteiger partial charge in [-0.2, -0.15) is 0 Å². The van der Waals surface area contributed by atoms with Gasteiger partial charge in [0.25, 0.3) is 0 Å². The van der Waals surface area contributed by atoms with Crippen molar-refractivity contribution in [1.82, 2.24) is 0 Å². The summed E-state index contributed by atoms with van der Waals surface area (Å²) in [6, 6.07) is 16.8. The lowest BCUT2D eigenvalue weighted by molar-refractivity contribution is 0.767. The Balaban J connectivity index is 2.03. The molecule has 1 aliphatic heterocycles. The smallest absolute Gasteiger partial charge is 0.0443 e. The molecule has 1 aliphatic rings. The second-order valence-electron chi connectivity index (χ2n) is 4.48. The van der Waals surface area contributed by atoms with Gasteiger partial charge in [0.2, 0.25) is 0 Å². The Morgan fingerprint density at radius 3 is 2.53 bits per heavy atom. The van der Waals surface area contributed by atoms with Crippen LogP contribution in [0.2, 0.25) is 0 Å². The van der Waals surface area contributed by atoms with Gasteiger partial charge in [0.1, 0.15) is 0 Å². The molecule has 2 N–H and O–H groups in total. The van der Waals surface area contributed by atoms with E-state index in [1.807, 2.05) is 12.1 Å². The van der Waals surface area contributed by atoms with Gasteiger partial charge in [-0.1, -0.05) is 18.2 Å². The molecular formula is C15H16N2. The fourth-order valence-corrected chi connectivity index (χ4v) is 2.46. The number of nitrogens with two attached hydrogens (primary N) is 1. The molecule has 0 spiro atoms. The molecule has 86 valence electrons. The van der Waals surface area contributed by atoms with Gasteiger partial charge in [-0.15, -0.1) is 0 Å². The maximum absolute atomic E-state index is 5.73. The summed E-state index contributed by atoms with van der Waals surface area (Å²) < 4.78 is 0. The molecule has 0 radical (unpaired) electrons. The summed E-state index contributed by atoms with van der Waals surface area (Å²) in [6.45, 7) is 1.08. The maximum atomic E-state index is 5.73. The van der Waals surface area contributed by atoms with Crippen molar-refractivity contribution in [1.29, 1.82) is 0 Å². The number of hydrogen-bond donors (Lipinski definition) is 1. The summed E-state index contributed by atoms with van der Waals surface area (Å²) in [4.78, 5) is 2.37. The molecule has 0 bridgehead atoms. The monoisotopic (exact) mass is 224 g/mol. The highest BCUT2D eigenvalue weighted by molar-refractivity contribution is 5.68. The van der Waals surface area contributed by atoms with E-state index in [2.05, 4.69) is 41.3 Å². The van der Waals surface area contributed by atoms with Crippen LogP contribution < -0.4 is 10.6 Å². The number of fused-ring (bicyclic) bond motifs is 1. The van der Waals surface area contributed by atoms with Crippen molar-refractivity contribution in [2.45, 2.75) is 12.8 Å². The van der Waals surface area contributed by atoms with Gasteiger partial charge >= 0.3 is 0 Å². The Bertz CT molecular complexity index is 517. The average molecular weight is 224 g/mol. The van der Waals surface area contributed by atoms with Crippen LogP contribution in [0, 0.1) is 0 Å². The summed E-state index contributed by atoms with van der Waals surface area (Å²) in [6.07, 6.45) is 2.39. The summed E-state index contributed by atoms with van der Waals surface area (Å²) in [7, 11) is 0.